The largest absolute Gasteiger partial charge is 0.493 e. The molecule has 2 rings (SSSR count). The van der Waals surface area contributed by atoms with Crippen LogP contribution in [0.2, 0.25) is 0 Å². The van der Waals surface area contributed by atoms with Gasteiger partial charge in [0.05, 0.1) is 7.11 Å². The second-order valence-corrected chi connectivity index (χ2v) is 4.99. The number of amides is 1. The zero-order chi connectivity index (χ0) is 15.9. The van der Waals surface area contributed by atoms with Crippen molar-refractivity contribution in [2.45, 2.75) is 32.9 Å². The van der Waals surface area contributed by atoms with Crippen LogP contribution >= 0.6 is 0 Å². The highest BCUT2D eigenvalue weighted by Gasteiger charge is 2.13. The summed E-state index contributed by atoms with van der Waals surface area (Å²) in [7, 11) is 1.59. The van der Waals surface area contributed by atoms with Gasteiger partial charge >= 0.3 is 0 Å². The van der Waals surface area contributed by atoms with E-state index in [4.69, 9.17) is 13.9 Å². The zero-order valence-corrected chi connectivity index (χ0v) is 13.1. The second-order valence-electron chi connectivity index (χ2n) is 4.99. The van der Waals surface area contributed by atoms with Gasteiger partial charge in [-0.15, -0.1) is 0 Å². The van der Waals surface area contributed by atoms with E-state index >= 15 is 0 Å². The Hall–Kier alpha value is -2.43. The van der Waals surface area contributed by atoms with Crippen LogP contribution in [-0.2, 0) is 6.61 Å². The van der Waals surface area contributed by atoms with E-state index in [1.54, 1.807) is 19.2 Å². The lowest BCUT2D eigenvalue weighted by Crippen LogP contribution is -2.31. The van der Waals surface area contributed by atoms with Crippen LogP contribution in [0.4, 0.5) is 0 Å². The SMILES string of the molecule is CCC(C)NC(=O)c1ccc(COc2ccccc2OC)o1. The molecule has 22 heavy (non-hydrogen) atoms. The Labute approximate surface area is 130 Å². The van der Waals surface area contributed by atoms with Gasteiger partial charge in [-0.1, -0.05) is 19.1 Å². The maximum absolute atomic E-state index is 11.9. The number of nitrogens with one attached hydrogen (secondary N) is 1. The van der Waals surface area contributed by atoms with E-state index in [1.165, 1.54) is 0 Å². The summed E-state index contributed by atoms with van der Waals surface area (Å²) in [6.07, 6.45) is 0.871. The Bertz CT molecular complexity index is 621. The quantitative estimate of drug-likeness (QED) is 0.851. The molecule has 5 heteroatoms. The van der Waals surface area contributed by atoms with Gasteiger partial charge in [0.1, 0.15) is 12.4 Å². The fraction of sp³-hybridized carbons (Fsp3) is 0.353. The maximum Gasteiger partial charge on any atom is 0.287 e. The third-order valence-corrected chi connectivity index (χ3v) is 3.31. The predicted octanol–water partition coefficient (Wildman–Crippen LogP) is 3.40. The molecule has 0 radical (unpaired) electrons. The molecule has 0 fully saturated rings. The molecule has 0 bridgehead atoms. The van der Waals surface area contributed by atoms with E-state index in [0.29, 0.717) is 23.0 Å². The van der Waals surface area contributed by atoms with Crippen LogP contribution in [0, 0.1) is 0 Å². The predicted molar refractivity (Wildman–Crippen MR) is 83.3 cm³/mol. The minimum absolute atomic E-state index is 0.117. The molecule has 5 nitrogen and oxygen atoms in total. The van der Waals surface area contributed by atoms with Crippen LogP contribution in [0.25, 0.3) is 0 Å². The van der Waals surface area contributed by atoms with Crippen molar-refractivity contribution in [2.75, 3.05) is 7.11 Å². The van der Waals surface area contributed by atoms with Crippen molar-refractivity contribution in [1.29, 1.82) is 0 Å². The topological polar surface area (TPSA) is 60.7 Å². The summed E-state index contributed by atoms with van der Waals surface area (Å²) in [5.74, 6) is 1.95. The normalized spacial score (nSPS) is 11.8. The Morgan fingerprint density at radius 1 is 1.23 bits per heavy atom. The highest BCUT2D eigenvalue weighted by Crippen LogP contribution is 2.26. The van der Waals surface area contributed by atoms with E-state index in [-0.39, 0.29) is 18.6 Å². The molecular formula is C17H21NO4. The summed E-state index contributed by atoms with van der Waals surface area (Å²) in [5.41, 5.74) is 0. The molecule has 0 saturated heterocycles. The van der Waals surface area contributed by atoms with Crippen molar-refractivity contribution in [3.8, 4) is 11.5 Å². The van der Waals surface area contributed by atoms with Crippen molar-refractivity contribution >= 4 is 5.91 Å². The van der Waals surface area contributed by atoms with Gasteiger partial charge in [-0.2, -0.15) is 0 Å². The third kappa shape index (κ3) is 4.04. The molecule has 0 aliphatic carbocycles. The standard InChI is InChI=1S/C17H21NO4/c1-4-12(2)18-17(19)16-10-9-13(22-16)11-21-15-8-6-5-7-14(15)20-3/h5-10,12H,4,11H2,1-3H3,(H,18,19). The number of hydrogen-bond acceptors (Lipinski definition) is 4. The van der Waals surface area contributed by atoms with Gasteiger partial charge in [-0.05, 0) is 37.6 Å². The number of para-hydroxylation sites is 2. The Kier molecular flexibility index (Phi) is 5.47. The summed E-state index contributed by atoms with van der Waals surface area (Å²) in [5, 5.41) is 2.86. The first-order valence-corrected chi connectivity index (χ1v) is 7.29. The number of furan rings is 1. The molecule has 0 saturated carbocycles. The second kappa shape index (κ2) is 7.54. The summed E-state index contributed by atoms with van der Waals surface area (Å²) in [4.78, 5) is 11.9. The fourth-order valence-electron chi connectivity index (χ4n) is 1.86. The average molecular weight is 303 g/mol. The van der Waals surface area contributed by atoms with E-state index in [2.05, 4.69) is 5.32 Å². The van der Waals surface area contributed by atoms with Crippen molar-refractivity contribution in [2.24, 2.45) is 0 Å². The molecular weight excluding hydrogens is 282 g/mol. The molecule has 1 atom stereocenters. The molecule has 1 aromatic carbocycles. The van der Waals surface area contributed by atoms with Gasteiger partial charge < -0.3 is 19.2 Å². The number of methoxy groups -OCH3 is 1. The molecule has 0 spiro atoms. The van der Waals surface area contributed by atoms with Crippen LogP contribution in [0.15, 0.2) is 40.8 Å². The van der Waals surface area contributed by atoms with E-state index in [1.807, 2.05) is 38.1 Å². The number of hydrogen-bond donors (Lipinski definition) is 1. The molecule has 0 aliphatic rings. The van der Waals surface area contributed by atoms with Gasteiger partial charge in [0, 0.05) is 6.04 Å². The number of carbonyl (C=O) groups excluding carboxylic acids is 1. The van der Waals surface area contributed by atoms with E-state index in [9.17, 15) is 4.79 Å². The highest BCUT2D eigenvalue weighted by atomic mass is 16.5. The first-order chi connectivity index (χ1) is 10.6. The average Bonchev–Trinajstić information content (AvgIpc) is 3.02. The first-order valence-electron chi connectivity index (χ1n) is 7.29. The number of ether oxygens (including phenoxy) is 2. The van der Waals surface area contributed by atoms with Crippen LogP contribution in [0.5, 0.6) is 11.5 Å². The molecule has 118 valence electrons. The number of benzene rings is 1. The van der Waals surface area contributed by atoms with Crippen LogP contribution in [0.1, 0.15) is 36.6 Å². The lowest BCUT2D eigenvalue weighted by atomic mass is 10.2. The number of rotatable bonds is 7. The summed E-state index contributed by atoms with van der Waals surface area (Å²) in [6.45, 7) is 4.20. The smallest absolute Gasteiger partial charge is 0.287 e. The van der Waals surface area contributed by atoms with Crippen molar-refractivity contribution in [1.82, 2.24) is 5.32 Å². The van der Waals surface area contributed by atoms with Crippen LogP contribution in [0.3, 0.4) is 0 Å². The highest BCUT2D eigenvalue weighted by molar-refractivity contribution is 5.91. The minimum atomic E-state index is -0.210. The Balaban J connectivity index is 1.96. The molecule has 1 unspecified atom stereocenters. The molecule has 2 aromatic rings. The van der Waals surface area contributed by atoms with Crippen molar-refractivity contribution in [3.05, 3.63) is 47.9 Å². The molecule has 1 aromatic heterocycles. The van der Waals surface area contributed by atoms with Gasteiger partial charge in [-0.3, -0.25) is 4.79 Å². The molecule has 1 amide bonds. The minimum Gasteiger partial charge on any atom is -0.493 e. The van der Waals surface area contributed by atoms with Gasteiger partial charge in [0.2, 0.25) is 0 Å². The fourth-order valence-corrected chi connectivity index (χ4v) is 1.86. The Morgan fingerprint density at radius 2 is 1.95 bits per heavy atom. The van der Waals surface area contributed by atoms with Crippen LogP contribution in [-0.4, -0.2) is 19.1 Å². The maximum atomic E-state index is 11.9. The lowest BCUT2D eigenvalue weighted by Gasteiger charge is -2.10. The van der Waals surface area contributed by atoms with Gasteiger partial charge in [0.15, 0.2) is 17.3 Å². The summed E-state index contributed by atoms with van der Waals surface area (Å²) < 4.78 is 16.4. The van der Waals surface area contributed by atoms with Gasteiger partial charge in [-0.25, -0.2) is 0 Å². The summed E-state index contributed by atoms with van der Waals surface area (Å²) >= 11 is 0. The molecule has 0 aliphatic heterocycles. The summed E-state index contributed by atoms with van der Waals surface area (Å²) in [6, 6.07) is 10.9. The van der Waals surface area contributed by atoms with Crippen molar-refractivity contribution < 1.29 is 18.7 Å². The van der Waals surface area contributed by atoms with Gasteiger partial charge in [0.25, 0.3) is 5.91 Å². The third-order valence-electron chi connectivity index (χ3n) is 3.31. The number of carbonyl (C=O) groups is 1. The van der Waals surface area contributed by atoms with Crippen LogP contribution < -0.4 is 14.8 Å². The molecule has 1 N–H and O–H groups in total. The first kappa shape index (κ1) is 15.9. The monoisotopic (exact) mass is 303 g/mol. The van der Waals surface area contributed by atoms with E-state index < -0.39 is 0 Å². The van der Waals surface area contributed by atoms with Crippen molar-refractivity contribution in [3.63, 3.8) is 0 Å². The van der Waals surface area contributed by atoms with E-state index in [0.717, 1.165) is 6.42 Å². The lowest BCUT2D eigenvalue weighted by molar-refractivity contribution is 0.0907. The Morgan fingerprint density at radius 3 is 2.64 bits per heavy atom. The zero-order valence-electron chi connectivity index (χ0n) is 13.1. The molecule has 1 heterocycles.